The van der Waals surface area contributed by atoms with Crippen molar-refractivity contribution < 1.29 is 0 Å². The number of fused-ring (bicyclic) bond motifs is 7. The average Bonchev–Trinajstić information content (AvgIpc) is 3.78. The van der Waals surface area contributed by atoms with Crippen molar-refractivity contribution in [2.75, 3.05) is 4.90 Å². The largest absolute Gasteiger partial charge is 0.310 e. The van der Waals surface area contributed by atoms with E-state index >= 15 is 0 Å². The van der Waals surface area contributed by atoms with E-state index in [9.17, 15) is 0 Å². The topological polar surface area (TPSA) is 3.24 Å². The summed E-state index contributed by atoms with van der Waals surface area (Å²) in [4.78, 5) is 2.47. The van der Waals surface area contributed by atoms with Crippen LogP contribution in [0.1, 0.15) is 47.2 Å². The van der Waals surface area contributed by atoms with E-state index < -0.39 is 5.41 Å². The first-order chi connectivity index (χ1) is 31.0. The Balaban J connectivity index is 1.04. The number of rotatable bonds is 7. The Hall–Kier alpha value is -7.74. The Morgan fingerprint density at radius 2 is 0.841 bits per heavy atom. The maximum atomic E-state index is 2.47. The molecule has 12 rings (SSSR count). The second-order valence-corrected chi connectivity index (χ2v) is 17.6. The summed E-state index contributed by atoms with van der Waals surface area (Å²) in [6.45, 7) is 4.71. The van der Waals surface area contributed by atoms with Crippen molar-refractivity contribution in [2.24, 2.45) is 0 Å². The summed E-state index contributed by atoms with van der Waals surface area (Å²) in [5, 5.41) is 2.51. The van der Waals surface area contributed by atoms with E-state index in [2.05, 4.69) is 255 Å². The van der Waals surface area contributed by atoms with Gasteiger partial charge in [0.15, 0.2) is 0 Å². The van der Waals surface area contributed by atoms with E-state index in [4.69, 9.17) is 0 Å². The number of nitrogens with zero attached hydrogens (tertiary/aromatic N) is 1. The Morgan fingerprint density at radius 3 is 1.56 bits per heavy atom. The van der Waals surface area contributed by atoms with Crippen molar-refractivity contribution in [1.82, 2.24) is 0 Å². The molecule has 10 aromatic carbocycles. The van der Waals surface area contributed by atoms with Crippen LogP contribution in [0, 0.1) is 0 Å². The molecule has 0 heterocycles. The van der Waals surface area contributed by atoms with Crippen LogP contribution in [0.3, 0.4) is 0 Å². The Bertz CT molecular complexity index is 3300. The zero-order chi connectivity index (χ0) is 42.1. The summed E-state index contributed by atoms with van der Waals surface area (Å²) < 4.78 is 0. The first kappa shape index (κ1) is 37.1. The molecule has 0 radical (unpaired) electrons. The molecule has 63 heavy (non-hydrogen) atoms. The lowest BCUT2D eigenvalue weighted by Gasteiger charge is -2.34. The zero-order valence-electron chi connectivity index (χ0n) is 35.5. The van der Waals surface area contributed by atoms with E-state index in [0.29, 0.717) is 0 Å². The van der Waals surface area contributed by atoms with Gasteiger partial charge in [-0.2, -0.15) is 0 Å². The maximum Gasteiger partial charge on any atom is 0.0714 e. The first-order valence-electron chi connectivity index (χ1n) is 22.1. The third-order valence-electron chi connectivity index (χ3n) is 14.0. The van der Waals surface area contributed by atoms with Gasteiger partial charge in [0.25, 0.3) is 0 Å². The molecule has 10 aromatic rings. The highest BCUT2D eigenvalue weighted by Gasteiger charge is 2.47. The summed E-state index contributed by atoms with van der Waals surface area (Å²) in [5.74, 6) is 0. The lowest BCUT2D eigenvalue weighted by atomic mass is 9.68. The molecule has 0 atom stereocenters. The fraction of sp³-hybridized carbons (Fsp3) is 0.0645. The minimum Gasteiger partial charge on any atom is -0.310 e. The van der Waals surface area contributed by atoms with Crippen molar-refractivity contribution in [3.8, 4) is 44.5 Å². The van der Waals surface area contributed by atoms with Crippen molar-refractivity contribution in [3.05, 3.63) is 270 Å². The molecule has 1 heteroatoms. The number of anilines is 3. The van der Waals surface area contributed by atoms with Gasteiger partial charge < -0.3 is 4.90 Å². The summed E-state index contributed by atoms with van der Waals surface area (Å²) in [7, 11) is 0. The van der Waals surface area contributed by atoms with Crippen molar-refractivity contribution in [1.29, 1.82) is 0 Å². The van der Waals surface area contributed by atoms with Gasteiger partial charge in [-0.3, -0.25) is 0 Å². The molecule has 0 aliphatic heterocycles. The molecule has 2 aliphatic rings. The second kappa shape index (κ2) is 14.4. The fourth-order valence-corrected chi connectivity index (χ4v) is 11.0. The highest BCUT2D eigenvalue weighted by molar-refractivity contribution is 5.99. The van der Waals surface area contributed by atoms with Crippen LogP contribution in [0.25, 0.3) is 55.3 Å². The molecule has 0 fully saturated rings. The molecule has 0 saturated carbocycles. The monoisotopic (exact) mass is 803 g/mol. The van der Waals surface area contributed by atoms with Gasteiger partial charge in [-0.15, -0.1) is 0 Å². The molecule has 298 valence electrons. The summed E-state index contributed by atoms with van der Waals surface area (Å²) >= 11 is 0. The minimum absolute atomic E-state index is 0.0599. The third-order valence-corrected chi connectivity index (χ3v) is 14.0. The fourth-order valence-electron chi connectivity index (χ4n) is 11.0. The van der Waals surface area contributed by atoms with Gasteiger partial charge in [0.2, 0.25) is 0 Å². The van der Waals surface area contributed by atoms with Gasteiger partial charge >= 0.3 is 0 Å². The van der Waals surface area contributed by atoms with Gasteiger partial charge in [-0.1, -0.05) is 214 Å². The number of hydrogen-bond acceptors (Lipinski definition) is 1. The molecule has 0 spiro atoms. The third kappa shape index (κ3) is 5.63. The van der Waals surface area contributed by atoms with Crippen molar-refractivity contribution in [3.63, 3.8) is 0 Å². The molecule has 2 aliphatic carbocycles. The van der Waals surface area contributed by atoms with E-state index in [1.807, 2.05) is 0 Å². The SMILES string of the molecule is CC1(C)c2ccccc2-c2ccc(-c3ccc(N(c4ccc(-c5cccc6ccccc56)cc4)c4cccc5c4-c4ccccc4C5(c4ccccc4)c4ccccc4)cc3)cc21. The van der Waals surface area contributed by atoms with E-state index in [-0.39, 0.29) is 5.41 Å². The maximum absolute atomic E-state index is 2.47. The standard InChI is InChI=1S/C62H45N/c1-61(2)55-27-13-11-24-52(55)53-40-35-45(41-58(53)61)42-31-36-48(37-32-42)63(49-38-33-44(34-39-49)51-26-15-18-43-17-9-10-23-50(43)51)59-30-16-29-57-60(59)54-25-12-14-28-56(54)62(57,46-19-5-3-6-20-46)47-21-7-4-8-22-47/h3-41H,1-2H3. The van der Waals surface area contributed by atoms with Crippen LogP contribution in [0.2, 0.25) is 0 Å². The molecule has 0 unspecified atom stereocenters. The van der Waals surface area contributed by atoms with Crippen LogP contribution in [0.4, 0.5) is 17.1 Å². The molecule has 0 aromatic heterocycles. The minimum atomic E-state index is -0.501. The normalized spacial score (nSPS) is 13.8. The Morgan fingerprint density at radius 1 is 0.333 bits per heavy atom. The van der Waals surface area contributed by atoms with Gasteiger partial charge in [0.05, 0.1) is 11.1 Å². The van der Waals surface area contributed by atoms with Crippen LogP contribution in [0.15, 0.2) is 237 Å². The van der Waals surface area contributed by atoms with Crippen LogP contribution < -0.4 is 4.90 Å². The molecule has 1 nitrogen and oxygen atoms in total. The van der Waals surface area contributed by atoms with Gasteiger partial charge in [0, 0.05) is 22.4 Å². The van der Waals surface area contributed by atoms with Crippen LogP contribution >= 0.6 is 0 Å². The Kier molecular flexibility index (Phi) is 8.49. The number of benzene rings is 10. The molecule has 0 N–H and O–H groups in total. The molecule has 0 amide bonds. The van der Waals surface area contributed by atoms with E-state index in [1.54, 1.807) is 0 Å². The highest BCUT2D eigenvalue weighted by atomic mass is 15.1. The number of hydrogen-bond donors (Lipinski definition) is 0. The summed E-state index contributed by atoms with van der Waals surface area (Å²) in [6.07, 6.45) is 0. The smallest absolute Gasteiger partial charge is 0.0714 e. The van der Waals surface area contributed by atoms with Gasteiger partial charge in [-0.05, 0) is 119 Å². The second-order valence-electron chi connectivity index (χ2n) is 17.6. The van der Waals surface area contributed by atoms with Crippen LogP contribution in [-0.2, 0) is 10.8 Å². The first-order valence-corrected chi connectivity index (χ1v) is 22.1. The van der Waals surface area contributed by atoms with Crippen LogP contribution in [-0.4, -0.2) is 0 Å². The molecule has 0 bridgehead atoms. The quantitative estimate of drug-likeness (QED) is 0.155. The lowest BCUT2D eigenvalue weighted by molar-refractivity contribution is 0.660. The van der Waals surface area contributed by atoms with E-state index in [1.165, 1.54) is 88.7 Å². The van der Waals surface area contributed by atoms with Crippen molar-refractivity contribution in [2.45, 2.75) is 24.7 Å². The van der Waals surface area contributed by atoms with Crippen LogP contribution in [0.5, 0.6) is 0 Å². The predicted molar refractivity (Wildman–Crippen MR) is 264 cm³/mol. The highest BCUT2D eigenvalue weighted by Crippen LogP contribution is 2.59. The van der Waals surface area contributed by atoms with Gasteiger partial charge in [-0.25, -0.2) is 0 Å². The Labute approximate surface area is 370 Å². The van der Waals surface area contributed by atoms with E-state index in [0.717, 1.165) is 17.1 Å². The zero-order valence-corrected chi connectivity index (χ0v) is 35.5. The average molecular weight is 804 g/mol. The summed E-state index contributed by atoms with van der Waals surface area (Å²) in [6, 6.07) is 87.7. The van der Waals surface area contributed by atoms with Crippen molar-refractivity contribution >= 4 is 27.8 Å². The lowest BCUT2D eigenvalue weighted by Crippen LogP contribution is -2.28. The summed E-state index contributed by atoms with van der Waals surface area (Å²) in [5.41, 5.74) is 20.8. The predicted octanol–water partition coefficient (Wildman–Crippen LogP) is 16.3. The molecule has 0 saturated heterocycles. The van der Waals surface area contributed by atoms with Gasteiger partial charge in [0.1, 0.15) is 0 Å². The molecular weight excluding hydrogens is 759 g/mol. The molecular formula is C62H45N.